The van der Waals surface area contributed by atoms with Crippen LogP contribution in [0.4, 0.5) is 27.6 Å². The minimum atomic E-state index is -4.79. The Morgan fingerprint density at radius 1 is 0.896 bits per heavy atom. The number of aliphatic hydroxyl groups is 1. The monoisotopic (exact) mass is 670 g/mol. The standard InChI is InChI=1S/C32H31F5N8O3/c1-22(31(47,18-43-20-38-19-39-43)28-11-4-24(33)16-29(28)34)41-12-14-42(15-13-41)25-5-7-26(8-6-25)44-21-40-45(30(44)46)17-23-2-9-27(10-3-23)48-32(35,36)37/h2-11,16,19-22,47H,12-15,17-18H2,1H3/t22-,31-/m0/s1. The van der Waals surface area contributed by atoms with Gasteiger partial charge in [-0.2, -0.15) is 10.2 Å². The topological polar surface area (TPSA) is 106 Å². The SMILES string of the molecule is C[C@H](N1CCN(c2ccc(-n3cnn(Cc4ccc(OC(F)(F)F)cc4)c3=O)cc2)CC1)[C@@](O)(Cn1cncn1)c1ccc(F)cc1F. The Balaban J connectivity index is 1.10. The van der Waals surface area contributed by atoms with Crippen molar-refractivity contribution in [2.24, 2.45) is 0 Å². The second-order valence-electron chi connectivity index (χ2n) is 11.5. The molecule has 0 bridgehead atoms. The first-order valence-corrected chi connectivity index (χ1v) is 15.0. The summed E-state index contributed by atoms with van der Waals surface area (Å²) < 4.78 is 73.9. The Morgan fingerprint density at radius 2 is 1.58 bits per heavy atom. The maximum absolute atomic E-state index is 15.0. The Morgan fingerprint density at radius 3 is 2.21 bits per heavy atom. The highest BCUT2D eigenvalue weighted by Gasteiger charge is 2.42. The fourth-order valence-electron chi connectivity index (χ4n) is 5.93. The van der Waals surface area contributed by atoms with Crippen molar-refractivity contribution in [2.45, 2.75) is 38.0 Å². The Bertz CT molecular complexity index is 1890. The van der Waals surface area contributed by atoms with Crippen LogP contribution in [0.15, 0.2) is 90.5 Å². The van der Waals surface area contributed by atoms with Gasteiger partial charge in [0.1, 0.15) is 42.0 Å². The predicted octanol–water partition coefficient (Wildman–Crippen LogP) is 3.95. The largest absolute Gasteiger partial charge is 0.573 e. The van der Waals surface area contributed by atoms with Gasteiger partial charge in [0.05, 0.1) is 18.8 Å². The number of alkyl halides is 3. The van der Waals surface area contributed by atoms with Gasteiger partial charge in [-0.1, -0.05) is 18.2 Å². The lowest BCUT2D eigenvalue weighted by Gasteiger charge is -2.45. The molecule has 1 aliphatic rings. The second-order valence-corrected chi connectivity index (χ2v) is 11.5. The molecule has 1 fully saturated rings. The summed E-state index contributed by atoms with van der Waals surface area (Å²) in [6.07, 6.45) is -0.663. The minimum absolute atomic E-state index is 0.0306. The maximum atomic E-state index is 15.0. The molecule has 0 saturated carbocycles. The van der Waals surface area contributed by atoms with Gasteiger partial charge in [0.15, 0.2) is 0 Å². The molecule has 0 radical (unpaired) electrons. The highest BCUT2D eigenvalue weighted by Crippen LogP contribution is 2.33. The number of rotatable bonds is 10. The van der Waals surface area contributed by atoms with Crippen molar-refractivity contribution in [3.05, 3.63) is 119 Å². The average molecular weight is 671 g/mol. The van der Waals surface area contributed by atoms with E-state index in [9.17, 15) is 31.9 Å². The van der Waals surface area contributed by atoms with E-state index in [4.69, 9.17) is 0 Å². The maximum Gasteiger partial charge on any atom is 0.573 e. The van der Waals surface area contributed by atoms with Crippen molar-refractivity contribution in [2.75, 3.05) is 31.1 Å². The molecular formula is C32H31F5N8O3. The van der Waals surface area contributed by atoms with Crippen molar-refractivity contribution in [3.63, 3.8) is 0 Å². The Hall–Kier alpha value is -5.09. The third kappa shape index (κ3) is 7.08. The summed E-state index contributed by atoms with van der Waals surface area (Å²) in [7, 11) is 0. The highest BCUT2D eigenvalue weighted by atomic mass is 19.4. The van der Waals surface area contributed by atoms with E-state index in [1.807, 2.05) is 12.1 Å². The molecule has 48 heavy (non-hydrogen) atoms. The van der Waals surface area contributed by atoms with Crippen LogP contribution in [0.5, 0.6) is 5.75 Å². The van der Waals surface area contributed by atoms with E-state index < -0.39 is 35.3 Å². The molecule has 0 unspecified atom stereocenters. The van der Waals surface area contributed by atoms with E-state index >= 15 is 0 Å². The molecule has 6 rings (SSSR count). The van der Waals surface area contributed by atoms with Crippen molar-refractivity contribution >= 4 is 5.69 Å². The zero-order valence-electron chi connectivity index (χ0n) is 25.6. The van der Waals surface area contributed by atoms with Gasteiger partial charge in [-0.15, -0.1) is 13.2 Å². The van der Waals surface area contributed by atoms with Crippen molar-refractivity contribution in [3.8, 4) is 11.4 Å². The normalized spacial score (nSPS) is 16.1. The van der Waals surface area contributed by atoms with Crippen LogP contribution in [0.2, 0.25) is 0 Å². The Kier molecular flexibility index (Phi) is 9.03. The van der Waals surface area contributed by atoms with Crippen LogP contribution in [0.3, 0.4) is 0 Å². The highest BCUT2D eigenvalue weighted by molar-refractivity contribution is 5.51. The van der Waals surface area contributed by atoms with Gasteiger partial charge in [-0.3, -0.25) is 4.90 Å². The second kappa shape index (κ2) is 13.2. The first kappa shape index (κ1) is 32.8. The molecule has 0 spiro atoms. The summed E-state index contributed by atoms with van der Waals surface area (Å²) in [4.78, 5) is 21.2. The van der Waals surface area contributed by atoms with E-state index in [0.29, 0.717) is 37.4 Å². The number of piperazine rings is 1. The number of benzene rings is 3. The molecule has 1 aliphatic heterocycles. The van der Waals surface area contributed by atoms with Crippen LogP contribution in [0.1, 0.15) is 18.1 Å². The van der Waals surface area contributed by atoms with Crippen molar-refractivity contribution < 1.29 is 31.8 Å². The first-order chi connectivity index (χ1) is 22.9. The quantitative estimate of drug-likeness (QED) is 0.223. The molecule has 1 saturated heterocycles. The summed E-state index contributed by atoms with van der Waals surface area (Å²) in [5, 5.41) is 20.2. The number of halogens is 5. The number of hydrogen-bond donors (Lipinski definition) is 1. The smallest absolute Gasteiger partial charge is 0.406 e. The van der Waals surface area contributed by atoms with Gasteiger partial charge in [-0.05, 0) is 55.0 Å². The summed E-state index contributed by atoms with van der Waals surface area (Å²) in [5.41, 5.74) is -0.127. The van der Waals surface area contributed by atoms with Crippen molar-refractivity contribution in [1.29, 1.82) is 0 Å². The zero-order chi connectivity index (χ0) is 34.1. The van der Waals surface area contributed by atoms with Gasteiger partial charge in [-0.25, -0.2) is 32.5 Å². The third-order valence-electron chi connectivity index (χ3n) is 8.54. The van der Waals surface area contributed by atoms with Gasteiger partial charge in [0.2, 0.25) is 0 Å². The minimum Gasteiger partial charge on any atom is -0.406 e. The molecule has 3 aromatic carbocycles. The summed E-state index contributed by atoms with van der Waals surface area (Å²) in [6, 6.07) is 15.1. The van der Waals surface area contributed by atoms with E-state index in [-0.39, 0.29) is 24.4 Å². The molecule has 0 amide bonds. The summed E-state index contributed by atoms with van der Waals surface area (Å²) in [6.45, 7) is 4.05. The van der Waals surface area contributed by atoms with E-state index in [0.717, 1.165) is 17.8 Å². The van der Waals surface area contributed by atoms with Crippen LogP contribution in [0, 0.1) is 11.6 Å². The molecule has 16 heteroatoms. The van der Waals surface area contributed by atoms with E-state index in [1.165, 1.54) is 63.2 Å². The van der Waals surface area contributed by atoms with Gasteiger partial charge < -0.3 is 14.7 Å². The van der Waals surface area contributed by atoms with Crippen LogP contribution < -0.4 is 15.3 Å². The van der Waals surface area contributed by atoms with E-state index in [1.54, 1.807) is 19.1 Å². The lowest BCUT2D eigenvalue weighted by molar-refractivity contribution is -0.274. The third-order valence-corrected chi connectivity index (χ3v) is 8.54. The molecule has 2 aromatic heterocycles. The predicted molar refractivity (Wildman–Crippen MR) is 164 cm³/mol. The van der Waals surface area contributed by atoms with Crippen LogP contribution in [-0.4, -0.2) is 77.7 Å². The lowest BCUT2D eigenvalue weighted by atomic mass is 9.85. The number of ether oxygens (including phenoxy) is 1. The average Bonchev–Trinajstić information content (AvgIpc) is 3.70. The zero-order valence-corrected chi connectivity index (χ0v) is 25.6. The number of nitrogens with zero attached hydrogens (tertiary/aromatic N) is 8. The molecule has 3 heterocycles. The van der Waals surface area contributed by atoms with Gasteiger partial charge >= 0.3 is 12.1 Å². The molecule has 1 N–H and O–H groups in total. The fourth-order valence-corrected chi connectivity index (χ4v) is 5.93. The molecule has 2 atom stereocenters. The van der Waals surface area contributed by atoms with E-state index in [2.05, 4.69) is 29.7 Å². The van der Waals surface area contributed by atoms with Crippen LogP contribution >= 0.6 is 0 Å². The first-order valence-electron chi connectivity index (χ1n) is 15.0. The number of hydrogen-bond acceptors (Lipinski definition) is 8. The fraction of sp³-hybridized carbons (Fsp3) is 0.312. The van der Waals surface area contributed by atoms with Gasteiger partial charge in [0, 0.05) is 49.5 Å². The van der Waals surface area contributed by atoms with Crippen molar-refractivity contribution in [1.82, 2.24) is 34.0 Å². The Labute approximate surface area is 271 Å². The molecule has 11 nitrogen and oxygen atoms in total. The molecule has 5 aromatic rings. The molecular weight excluding hydrogens is 639 g/mol. The van der Waals surface area contributed by atoms with Crippen LogP contribution in [-0.2, 0) is 18.7 Å². The van der Waals surface area contributed by atoms with Crippen LogP contribution in [0.25, 0.3) is 5.69 Å². The summed E-state index contributed by atoms with van der Waals surface area (Å²) in [5.74, 6) is -1.94. The molecule has 252 valence electrons. The summed E-state index contributed by atoms with van der Waals surface area (Å²) >= 11 is 0. The lowest BCUT2D eigenvalue weighted by Crippen LogP contribution is -2.57. The number of aromatic nitrogens is 6. The molecule has 0 aliphatic carbocycles. The number of anilines is 1. The van der Waals surface area contributed by atoms with Gasteiger partial charge in [0.25, 0.3) is 0 Å².